The normalized spacial score (nSPS) is 17.2. The summed E-state index contributed by atoms with van der Waals surface area (Å²) in [4.78, 5) is 31.0. The summed E-state index contributed by atoms with van der Waals surface area (Å²) in [6, 6.07) is 2.26. The summed E-state index contributed by atoms with van der Waals surface area (Å²) in [5.74, 6) is 5.55. The number of imidazole rings is 1. The third-order valence-corrected chi connectivity index (χ3v) is 6.44. The number of primary amides is 1. The Kier molecular flexibility index (Phi) is 6.81. The lowest BCUT2D eigenvalue weighted by Gasteiger charge is -2.22. The number of nitrogens with two attached hydrogens (primary N) is 1. The molecule has 2 atom stereocenters. The van der Waals surface area contributed by atoms with Gasteiger partial charge in [0.1, 0.15) is 28.5 Å². The molecule has 0 radical (unpaired) electrons. The number of likely N-dealkylation sites (tertiary alicyclic amines) is 1. The number of ether oxygens (including phenoxy) is 1. The summed E-state index contributed by atoms with van der Waals surface area (Å²) in [5, 5.41) is 7.59. The van der Waals surface area contributed by atoms with E-state index in [9.17, 15) is 14.0 Å². The van der Waals surface area contributed by atoms with Crippen molar-refractivity contribution in [3.63, 3.8) is 0 Å². The van der Waals surface area contributed by atoms with Crippen molar-refractivity contribution in [2.45, 2.75) is 25.4 Å². The van der Waals surface area contributed by atoms with Gasteiger partial charge < -0.3 is 25.3 Å². The Labute approximate surface area is 207 Å². The fourth-order valence-electron chi connectivity index (χ4n) is 4.66. The molecule has 1 saturated heterocycles. The van der Waals surface area contributed by atoms with E-state index in [4.69, 9.17) is 10.5 Å². The first-order valence-corrected chi connectivity index (χ1v) is 11.4. The topological polar surface area (TPSA) is 120 Å². The number of carbonyl (C=O) groups is 2. The number of rotatable bonds is 6. The molecule has 0 bridgehead atoms. The Morgan fingerprint density at radius 2 is 2.14 bits per heavy atom. The van der Waals surface area contributed by atoms with Gasteiger partial charge in [-0.3, -0.25) is 9.59 Å². The average molecular weight is 494 g/mol. The van der Waals surface area contributed by atoms with Gasteiger partial charge in [-0.05, 0) is 37.5 Å². The van der Waals surface area contributed by atoms with Crippen LogP contribution in [0.3, 0.4) is 0 Å². The van der Waals surface area contributed by atoms with Gasteiger partial charge in [-0.25, -0.2) is 14.1 Å². The van der Waals surface area contributed by atoms with Crippen molar-refractivity contribution in [3.05, 3.63) is 53.3 Å². The minimum atomic E-state index is -0.710. The van der Waals surface area contributed by atoms with E-state index in [2.05, 4.69) is 33.8 Å². The molecule has 36 heavy (non-hydrogen) atoms. The molecule has 10 nitrogen and oxygen atoms in total. The predicted molar refractivity (Wildman–Crippen MR) is 133 cm³/mol. The molecule has 0 spiro atoms. The number of fused-ring (bicyclic) bond motifs is 1. The van der Waals surface area contributed by atoms with Crippen LogP contribution >= 0.6 is 0 Å². The number of halogens is 1. The largest absolute Gasteiger partial charge is 0.383 e. The van der Waals surface area contributed by atoms with Gasteiger partial charge in [-0.1, -0.05) is 12.5 Å². The molecule has 1 fully saturated rings. The summed E-state index contributed by atoms with van der Waals surface area (Å²) in [5.41, 5.74) is 7.50. The molecule has 3 aromatic rings. The van der Waals surface area contributed by atoms with Gasteiger partial charge in [0.15, 0.2) is 5.69 Å². The number of carbonyl (C=O) groups excluding carboxylic acids is 2. The summed E-state index contributed by atoms with van der Waals surface area (Å²) in [7, 11) is 5.02. The van der Waals surface area contributed by atoms with E-state index in [1.807, 2.05) is 6.92 Å². The highest BCUT2D eigenvalue weighted by Gasteiger charge is 2.37. The molecular formula is C25H28FN7O3. The number of anilines is 1. The molecule has 1 aromatic carbocycles. The van der Waals surface area contributed by atoms with Crippen LogP contribution in [0.4, 0.5) is 10.2 Å². The van der Waals surface area contributed by atoms with Crippen LogP contribution in [0.5, 0.6) is 0 Å². The van der Waals surface area contributed by atoms with Crippen molar-refractivity contribution in [1.29, 1.82) is 0 Å². The van der Waals surface area contributed by atoms with Crippen LogP contribution in [0.2, 0.25) is 0 Å². The average Bonchev–Trinajstić information content (AvgIpc) is 3.51. The quantitative estimate of drug-likeness (QED) is 0.399. The van der Waals surface area contributed by atoms with E-state index in [0.717, 1.165) is 0 Å². The first-order chi connectivity index (χ1) is 17.2. The molecule has 3 N–H and O–H groups in total. The van der Waals surface area contributed by atoms with Gasteiger partial charge in [0.2, 0.25) is 5.91 Å². The molecule has 2 amide bonds. The highest BCUT2D eigenvalue weighted by atomic mass is 19.1. The first-order valence-electron chi connectivity index (χ1n) is 11.4. The van der Waals surface area contributed by atoms with Crippen LogP contribution in [0.25, 0.3) is 11.0 Å². The minimum absolute atomic E-state index is 0.117. The van der Waals surface area contributed by atoms with E-state index in [1.165, 1.54) is 18.2 Å². The van der Waals surface area contributed by atoms with Crippen LogP contribution in [0.1, 0.15) is 39.9 Å². The van der Waals surface area contributed by atoms with Crippen LogP contribution in [-0.4, -0.2) is 69.4 Å². The molecule has 2 aromatic heterocycles. The third kappa shape index (κ3) is 4.31. The Morgan fingerprint density at radius 1 is 1.39 bits per heavy atom. The molecule has 11 heteroatoms. The van der Waals surface area contributed by atoms with Gasteiger partial charge in [0.05, 0.1) is 29.8 Å². The zero-order chi connectivity index (χ0) is 26.1. The van der Waals surface area contributed by atoms with Gasteiger partial charge in [0.25, 0.3) is 5.91 Å². The molecule has 0 aliphatic carbocycles. The maximum atomic E-state index is 14.3. The smallest absolute Gasteiger partial charge is 0.255 e. The van der Waals surface area contributed by atoms with E-state index in [0.29, 0.717) is 47.8 Å². The van der Waals surface area contributed by atoms with Gasteiger partial charge in [-0.15, -0.1) is 0 Å². The summed E-state index contributed by atoms with van der Waals surface area (Å²) >= 11 is 0. The summed E-state index contributed by atoms with van der Waals surface area (Å²) < 4.78 is 23.0. The number of nitrogens with zero attached hydrogens (tertiary/aromatic N) is 5. The number of methoxy groups -OCH3 is 1. The van der Waals surface area contributed by atoms with Crippen molar-refractivity contribution in [2.75, 3.05) is 32.6 Å². The standard InChI is InChI=1S/C25H28FN7O3/c1-6-21(34)32-12-17(11-18(32)13-36-5)33-25(28-3)22(24(27)35)19(30-33)8-7-15-9-16(26)10-20-23(15)29-14(2)31(20)4/h6,9-10,17-18,28H,1,11-13H2,2-5H3,(H2,27,35)/t17-,18+/m0/s1. The molecule has 0 saturated carbocycles. The van der Waals surface area contributed by atoms with E-state index >= 15 is 0 Å². The van der Waals surface area contributed by atoms with E-state index in [1.54, 1.807) is 35.4 Å². The van der Waals surface area contributed by atoms with E-state index in [-0.39, 0.29) is 29.2 Å². The molecule has 1 aliphatic heterocycles. The molecule has 0 unspecified atom stereocenters. The van der Waals surface area contributed by atoms with Crippen molar-refractivity contribution < 1.29 is 18.7 Å². The number of nitrogens with one attached hydrogen (secondary N) is 1. The third-order valence-electron chi connectivity index (χ3n) is 6.44. The summed E-state index contributed by atoms with van der Waals surface area (Å²) in [6.45, 7) is 6.09. The monoisotopic (exact) mass is 493 g/mol. The maximum Gasteiger partial charge on any atom is 0.255 e. The first kappa shape index (κ1) is 24.9. The predicted octanol–water partition coefficient (Wildman–Crippen LogP) is 1.73. The number of amides is 2. The zero-order valence-corrected chi connectivity index (χ0v) is 20.6. The molecule has 4 rings (SSSR count). The lowest BCUT2D eigenvalue weighted by atomic mass is 10.1. The second-order valence-corrected chi connectivity index (χ2v) is 8.61. The molecular weight excluding hydrogens is 465 g/mol. The Morgan fingerprint density at radius 3 is 2.78 bits per heavy atom. The van der Waals surface area contributed by atoms with Gasteiger partial charge in [0, 0.05) is 27.7 Å². The number of aryl methyl sites for hydroxylation is 2. The lowest BCUT2D eigenvalue weighted by molar-refractivity contribution is -0.127. The maximum absolute atomic E-state index is 14.3. The Balaban J connectivity index is 1.80. The van der Waals surface area contributed by atoms with Crippen LogP contribution in [0.15, 0.2) is 24.8 Å². The highest BCUT2D eigenvalue weighted by molar-refractivity contribution is 6.00. The minimum Gasteiger partial charge on any atom is -0.383 e. The molecule has 188 valence electrons. The fourth-order valence-corrected chi connectivity index (χ4v) is 4.66. The number of hydrogen-bond acceptors (Lipinski definition) is 6. The number of benzene rings is 1. The van der Waals surface area contributed by atoms with Gasteiger partial charge >= 0.3 is 0 Å². The van der Waals surface area contributed by atoms with Crippen LogP contribution in [0, 0.1) is 24.6 Å². The van der Waals surface area contributed by atoms with Crippen molar-refractivity contribution >= 4 is 28.7 Å². The van der Waals surface area contributed by atoms with Crippen LogP contribution in [-0.2, 0) is 16.6 Å². The van der Waals surface area contributed by atoms with Crippen molar-refractivity contribution in [3.8, 4) is 11.8 Å². The molecule has 3 heterocycles. The van der Waals surface area contributed by atoms with Crippen molar-refractivity contribution in [1.82, 2.24) is 24.2 Å². The second-order valence-electron chi connectivity index (χ2n) is 8.61. The Bertz CT molecular complexity index is 1430. The number of aromatic nitrogens is 4. The van der Waals surface area contributed by atoms with Crippen molar-refractivity contribution in [2.24, 2.45) is 12.8 Å². The van der Waals surface area contributed by atoms with Crippen LogP contribution < -0.4 is 11.1 Å². The fraction of sp³-hybridized carbons (Fsp3) is 0.360. The second kappa shape index (κ2) is 9.83. The SMILES string of the molecule is C=CC(=O)N1C[C@@H](n2nc(C#Cc3cc(F)cc4c3nc(C)n4C)c(C(N)=O)c2NC)C[C@@H]1COC. The lowest BCUT2D eigenvalue weighted by Crippen LogP contribution is -2.37. The Hall–Kier alpha value is -4.17. The zero-order valence-electron chi connectivity index (χ0n) is 20.6. The van der Waals surface area contributed by atoms with Gasteiger partial charge in [-0.2, -0.15) is 5.10 Å². The highest BCUT2D eigenvalue weighted by Crippen LogP contribution is 2.32. The summed E-state index contributed by atoms with van der Waals surface area (Å²) in [6.07, 6.45) is 1.81. The number of hydrogen-bond donors (Lipinski definition) is 2. The van der Waals surface area contributed by atoms with E-state index < -0.39 is 11.7 Å². The molecule has 1 aliphatic rings.